The van der Waals surface area contributed by atoms with E-state index in [2.05, 4.69) is 31.5 Å². The number of piperidine rings is 1. The van der Waals surface area contributed by atoms with Gasteiger partial charge in [0.2, 0.25) is 5.91 Å². The van der Waals surface area contributed by atoms with E-state index in [4.69, 9.17) is 4.74 Å². The number of H-pyrrole nitrogens is 1. The molecule has 1 amide bonds. The fraction of sp³-hybridized carbons (Fsp3) is 0.318. The average Bonchev–Trinajstić information content (AvgIpc) is 3.25. The lowest BCUT2D eigenvalue weighted by Crippen LogP contribution is -2.48. The van der Waals surface area contributed by atoms with Crippen LogP contribution in [0.3, 0.4) is 0 Å². The zero-order valence-corrected chi connectivity index (χ0v) is 16.5. The monoisotopic (exact) mass is 391 g/mol. The highest BCUT2D eigenvalue weighted by atomic mass is 16.5. The molecule has 1 fully saturated rings. The molecule has 7 heteroatoms. The topological polar surface area (TPSA) is 83.1 Å². The number of ether oxygens (including phenoxy) is 1. The Morgan fingerprint density at radius 1 is 1.28 bits per heavy atom. The summed E-state index contributed by atoms with van der Waals surface area (Å²) in [6, 6.07) is 13.7. The molecule has 0 radical (unpaired) electrons. The van der Waals surface area contributed by atoms with Crippen LogP contribution in [0.4, 0.5) is 5.82 Å². The minimum atomic E-state index is 0.0320. The van der Waals surface area contributed by atoms with Crippen LogP contribution >= 0.6 is 0 Å². The predicted octanol–water partition coefficient (Wildman–Crippen LogP) is 2.81. The number of hydrogen-bond donors (Lipinski definition) is 2. The number of nitrogens with zero attached hydrogens (tertiary/aromatic N) is 3. The maximum absolute atomic E-state index is 12.5. The minimum Gasteiger partial charge on any atom is -0.497 e. The fourth-order valence-electron chi connectivity index (χ4n) is 3.70. The highest BCUT2D eigenvalue weighted by molar-refractivity contribution is 5.79. The summed E-state index contributed by atoms with van der Waals surface area (Å²) in [4.78, 5) is 18.8. The van der Waals surface area contributed by atoms with Crippen LogP contribution in [0.15, 0.2) is 54.9 Å². The Balaban J connectivity index is 1.36. The molecule has 1 aliphatic heterocycles. The third-order valence-electron chi connectivity index (χ3n) is 5.16. The summed E-state index contributed by atoms with van der Waals surface area (Å²) in [7, 11) is 1.63. The van der Waals surface area contributed by atoms with Crippen molar-refractivity contribution in [2.45, 2.75) is 25.3 Å². The van der Waals surface area contributed by atoms with Crippen molar-refractivity contribution in [2.24, 2.45) is 0 Å². The van der Waals surface area contributed by atoms with Crippen molar-refractivity contribution in [3.05, 3.63) is 60.4 Å². The first-order chi connectivity index (χ1) is 14.2. The van der Waals surface area contributed by atoms with Gasteiger partial charge < -0.3 is 15.0 Å². The summed E-state index contributed by atoms with van der Waals surface area (Å²) in [5.74, 6) is 1.70. The van der Waals surface area contributed by atoms with Gasteiger partial charge in [0.1, 0.15) is 5.75 Å². The number of nitrogens with one attached hydrogen (secondary N) is 2. The molecule has 1 atom stereocenters. The van der Waals surface area contributed by atoms with Gasteiger partial charge in [0.25, 0.3) is 0 Å². The van der Waals surface area contributed by atoms with E-state index in [9.17, 15) is 4.79 Å². The molecular formula is C22H25N5O2. The molecule has 150 valence electrons. The molecular weight excluding hydrogens is 366 g/mol. The number of carbonyl (C=O) groups is 1. The van der Waals surface area contributed by atoms with Crippen LogP contribution in [0.1, 0.15) is 18.4 Å². The number of benzene rings is 1. The number of anilines is 1. The Bertz CT molecular complexity index is 957. The lowest BCUT2D eigenvalue weighted by Gasteiger charge is -2.33. The van der Waals surface area contributed by atoms with Crippen molar-refractivity contribution in [3.63, 3.8) is 0 Å². The van der Waals surface area contributed by atoms with Crippen LogP contribution in [0.5, 0.6) is 5.75 Å². The van der Waals surface area contributed by atoms with Crippen molar-refractivity contribution in [1.29, 1.82) is 0 Å². The van der Waals surface area contributed by atoms with E-state index in [-0.39, 0.29) is 11.9 Å². The van der Waals surface area contributed by atoms with Crippen LogP contribution in [0, 0.1) is 0 Å². The second-order valence-electron chi connectivity index (χ2n) is 7.26. The number of rotatable bonds is 6. The van der Waals surface area contributed by atoms with Gasteiger partial charge in [0.05, 0.1) is 19.2 Å². The zero-order valence-electron chi connectivity index (χ0n) is 16.5. The molecule has 3 heterocycles. The van der Waals surface area contributed by atoms with Gasteiger partial charge in [-0.1, -0.05) is 12.1 Å². The highest BCUT2D eigenvalue weighted by Gasteiger charge is 2.23. The van der Waals surface area contributed by atoms with Crippen LogP contribution in [-0.4, -0.2) is 47.3 Å². The molecule has 0 aliphatic carbocycles. The van der Waals surface area contributed by atoms with Crippen molar-refractivity contribution < 1.29 is 9.53 Å². The first-order valence-electron chi connectivity index (χ1n) is 9.84. The standard InChI is InChI=1S/C22H25N5O2/c1-29-19-6-2-4-16(12-19)13-22(28)24-18-5-3-11-27(15-18)21-14-20(25-26-21)17-7-9-23-10-8-17/h2,4,6-10,12,14,18H,3,5,11,13,15H2,1H3,(H,24,28)(H,25,26). The number of carbonyl (C=O) groups excluding carboxylic acids is 1. The summed E-state index contributed by atoms with van der Waals surface area (Å²) in [5, 5.41) is 10.7. The summed E-state index contributed by atoms with van der Waals surface area (Å²) < 4.78 is 5.23. The largest absolute Gasteiger partial charge is 0.497 e. The maximum Gasteiger partial charge on any atom is 0.224 e. The Labute approximate surface area is 170 Å². The van der Waals surface area contributed by atoms with Gasteiger partial charge in [-0.15, -0.1) is 0 Å². The molecule has 2 aromatic heterocycles. The molecule has 0 saturated carbocycles. The van der Waals surface area contributed by atoms with E-state index >= 15 is 0 Å². The van der Waals surface area contributed by atoms with E-state index in [0.29, 0.717) is 6.42 Å². The van der Waals surface area contributed by atoms with Crippen LogP contribution in [0.25, 0.3) is 11.3 Å². The van der Waals surface area contributed by atoms with Crippen molar-refractivity contribution in [2.75, 3.05) is 25.1 Å². The van der Waals surface area contributed by atoms with Crippen molar-refractivity contribution in [1.82, 2.24) is 20.5 Å². The summed E-state index contributed by atoms with van der Waals surface area (Å²) in [5.41, 5.74) is 2.97. The summed E-state index contributed by atoms with van der Waals surface area (Å²) >= 11 is 0. The fourth-order valence-corrected chi connectivity index (χ4v) is 3.70. The van der Waals surface area contributed by atoms with E-state index in [1.807, 2.05) is 36.4 Å². The number of hydrogen-bond acceptors (Lipinski definition) is 5. The van der Waals surface area contributed by atoms with Gasteiger partial charge in [-0.05, 0) is 42.7 Å². The molecule has 1 aliphatic rings. The molecule has 3 aromatic rings. The maximum atomic E-state index is 12.5. The number of aromatic nitrogens is 3. The van der Waals surface area contributed by atoms with Crippen LogP contribution in [-0.2, 0) is 11.2 Å². The van der Waals surface area contributed by atoms with Crippen LogP contribution in [0.2, 0.25) is 0 Å². The third-order valence-corrected chi connectivity index (χ3v) is 5.16. The molecule has 0 spiro atoms. The number of amides is 1. The Kier molecular flexibility index (Phi) is 5.74. The van der Waals surface area contributed by atoms with E-state index < -0.39 is 0 Å². The van der Waals surface area contributed by atoms with Gasteiger partial charge in [-0.25, -0.2) is 0 Å². The lowest BCUT2D eigenvalue weighted by atomic mass is 10.0. The summed E-state index contributed by atoms with van der Waals surface area (Å²) in [6.45, 7) is 1.69. The lowest BCUT2D eigenvalue weighted by molar-refractivity contribution is -0.121. The Hall–Kier alpha value is -3.35. The molecule has 7 nitrogen and oxygen atoms in total. The van der Waals surface area contributed by atoms with Gasteiger partial charge in [0.15, 0.2) is 5.82 Å². The number of aromatic amines is 1. The first-order valence-corrected chi connectivity index (χ1v) is 9.84. The predicted molar refractivity (Wildman–Crippen MR) is 112 cm³/mol. The quantitative estimate of drug-likeness (QED) is 0.675. The SMILES string of the molecule is COc1cccc(CC(=O)NC2CCCN(c3cc(-c4ccncc4)[nH]n3)C2)c1. The van der Waals surface area contributed by atoms with Crippen molar-refractivity contribution >= 4 is 11.7 Å². The third kappa shape index (κ3) is 4.74. The minimum absolute atomic E-state index is 0.0320. The molecule has 1 saturated heterocycles. The van der Waals surface area contributed by atoms with Crippen molar-refractivity contribution in [3.8, 4) is 17.0 Å². The van der Waals surface area contributed by atoms with Gasteiger partial charge >= 0.3 is 0 Å². The van der Waals surface area contributed by atoms with E-state index in [0.717, 1.165) is 54.3 Å². The molecule has 1 unspecified atom stereocenters. The van der Waals surface area contributed by atoms with E-state index in [1.165, 1.54) is 0 Å². The van der Waals surface area contributed by atoms with E-state index in [1.54, 1.807) is 19.5 Å². The second-order valence-corrected chi connectivity index (χ2v) is 7.26. The first kappa shape index (κ1) is 19.0. The molecule has 0 bridgehead atoms. The molecule has 1 aromatic carbocycles. The Morgan fingerprint density at radius 3 is 2.97 bits per heavy atom. The number of pyridine rings is 1. The van der Waals surface area contributed by atoms with Gasteiger partial charge in [-0.3, -0.25) is 14.9 Å². The smallest absolute Gasteiger partial charge is 0.224 e. The summed E-state index contributed by atoms with van der Waals surface area (Å²) in [6.07, 6.45) is 5.88. The molecule has 2 N–H and O–H groups in total. The highest BCUT2D eigenvalue weighted by Crippen LogP contribution is 2.24. The normalized spacial score (nSPS) is 16.4. The molecule has 4 rings (SSSR count). The molecule has 29 heavy (non-hydrogen) atoms. The van der Waals surface area contributed by atoms with Gasteiger partial charge in [-0.2, -0.15) is 5.10 Å². The zero-order chi connectivity index (χ0) is 20.1. The Morgan fingerprint density at radius 2 is 2.14 bits per heavy atom. The van der Waals surface area contributed by atoms with Gasteiger partial charge in [0, 0.05) is 43.2 Å². The second kappa shape index (κ2) is 8.77. The average molecular weight is 391 g/mol. The number of methoxy groups -OCH3 is 1. The van der Waals surface area contributed by atoms with Crippen LogP contribution < -0.4 is 15.0 Å².